The number of amides is 1. The topological polar surface area (TPSA) is 45.7 Å². The van der Waals surface area contributed by atoms with Crippen LogP contribution in [0.1, 0.15) is 23.5 Å². The molecule has 146 valence electrons. The molecule has 0 radical (unpaired) electrons. The van der Waals surface area contributed by atoms with Gasteiger partial charge in [-0.2, -0.15) is 0 Å². The molecular formula is C22H25N3O2S. The normalized spacial score (nSPS) is 16.3. The van der Waals surface area contributed by atoms with Crippen LogP contribution in [0.3, 0.4) is 0 Å². The lowest BCUT2D eigenvalue weighted by molar-refractivity contribution is -0.132. The number of thiazole rings is 1. The third-order valence-electron chi connectivity index (χ3n) is 5.37. The standard InChI is InChI=1S/C22H25N3O2S/c1-16(22-23-19-8-3-4-9-20(19)28-22)24-10-12-25(13-11-24)21(26)15-17-6-5-7-18(14-17)27-2/h3-9,14,16H,10-13,15H2,1-2H3/t16-/m1/s1. The summed E-state index contributed by atoms with van der Waals surface area (Å²) in [6.07, 6.45) is 0.421. The SMILES string of the molecule is COc1cccc(CC(=O)N2CCN([C@H](C)c3nc4ccccc4s3)CC2)c1. The maximum Gasteiger partial charge on any atom is 0.227 e. The highest BCUT2D eigenvalue weighted by molar-refractivity contribution is 7.18. The Labute approximate surface area is 169 Å². The quantitative estimate of drug-likeness (QED) is 0.660. The molecule has 1 amide bonds. The molecule has 6 heteroatoms. The summed E-state index contributed by atoms with van der Waals surface area (Å²) in [6, 6.07) is 16.3. The first-order valence-corrected chi connectivity index (χ1v) is 10.5. The van der Waals surface area contributed by atoms with E-state index in [9.17, 15) is 4.79 Å². The summed E-state index contributed by atoms with van der Waals surface area (Å²) in [5, 5.41) is 1.15. The summed E-state index contributed by atoms with van der Waals surface area (Å²) in [4.78, 5) is 21.9. The van der Waals surface area contributed by atoms with E-state index in [4.69, 9.17) is 9.72 Å². The minimum Gasteiger partial charge on any atom is -0.497 e. The smallest absolute Gasteiger partial charge is 0.227 e. The zero-order valence-corrected chi connectivity index (χ0v) is 17.1. The van der Waals surface area contributed by atoms with Gasteiger partial charge in [0.05, 0.1) is 29.8 Å². The Kier molecular flexibility index (Phi) is 5.59. The van der Waals surface area contributed by atoms with Crippen molar-refractivity contribution in [1.82, 2.24) is 14.8 Å². The average molecular weight is 396 g/mol. The van der Waals surface area contributed by atoms with E-state index in [1.54, 1.807) is 18.4 Å². The molecule has 0 aliphatic carbocycles. The minimum atomic E-state index is 0.181. The van der Waals surface area contributed by atoms with Crippen LogP contribution < -0.4 is 4.74 Å². The summed E-state index contributed by atoms with van der Waals surface area (Å²) in [5.74, 6) is 0.973. The van der Waals surface area contributed by atoms with E-state index in [0.717, 1.165) is 48.0 Å². The fourth-order valence-electron chi connectivity index (χ4n) is 3.65. The van der Waals surface area contributed by atoms with Crippen molar-refractivity contribution in [2.75, 3.05) is 33.3 Å². The Bertz CT molecular complexity index is 930. The van der Waals surface area contributed by atoms with Crippen LogP contribution in [0.25, 0.3) is 10.2 Å². The summed E-state index contributed by atoms with van der Waals surface area (Å²) < 4.78 is 6.48. The van der Waals surface area contributed by atoms with Gasteiger partial charge < -0.3 is 9.64 Å². The van der Waals surface area contributed by atoms with Crippen molar-refractivity contribution in [3.05, 3.63) is 59.1 Å². The maximum absolute atomic E-state index is 12.7. The predicted molar refractivity (Wildman–Crippen MR) is 113 cm³/mol. The molecule has 1 saturated heterocycles. The fourth-order valence-corrected chi connectivity index (χ4v) is 4.71. The van der Waals surface area contributed by atoms with Crippen molar-refractivity contribution in [1.29, 1.82) is 0 Å². The lowest BCUT2D eigenvalue weighted by Crippen LogP contribution is -2.49. The molecule has 1 atom stereocenters. The van der Waals surface area contributed by atoms with Gasteiger partial charge in [-0.25, -0.2) is 4.98 Å². The molecule has 4 rings (SSSR count). The number of hydrogen-bond acceptors (Lipinski definition) is 5. The number of fused-ring (bicyclic) bond motifs is 1. The van der Waals surface area contributed by atoms with Gasteiger partial charge in [0.2, 0.25) is 5.91 Å². The molecule has 0 bridgehead atoms. The van der Waals surface area contributed by atoms with Crippen LogP contribution in [0.2, 0.25) is 0 Å². The zero-order valence-electron chi connectivity index (χ0n) is 16.3. The first-order valence-electron chi connectivity index (χ1n) is 9.64. The molecule has 0 N–H and O–H groups in total. The van der Waals surface area contributed by atoms with Gasteiger partial charge in [-0.3, -0.25) is 9.69 Å². The van der Waals surface area contributed by atoms with E-state index in [0.29, 0.717) is 6.42 Å². The molecule has 0 unspecified atom stereocenters. The molecule has 1 fully saturated rings. The molecule has 0 saturated carbocycles. The van der Waals surface area contributed by atoms with Crippen molar-refractivity contribution in [2.45, 2.75) is 19.4 Å². The monoisotopic (exact) mass is 395 g/mol. The van der Waals surface area contributed by atoms with Gasteiger partial charge >= 0.3 is 0 Å². The highest BCUT2D eigenvalue weighted by Gasteiger charge is 2.26. The molecule has 1 aliphatic rings. The molecule has 3 aromatic rings. The summed E-state index contributed by atoms with van der Waals surface area (Å²) >= 11 is 1.77. The Hall–Kier alpha value is -2.44. The zero-order chi connectivity index (χ0) is 19.5. The maximum atomic E-state index is 12.7. The van der Waals surface area contributed by atoms with E-state index >= 15 is 0 Å². The largest absolute Gasteiger partial charge is 0.497 e. The predicted octanol–water partition coefficient (Wildman–Crippen LogP) is 3.75. The summed E-state index contributed by atoms with van der Waals surface area (Å²) in [6.45, 7) is 5.49. The molecule has 2 aromatic carbocycles. The number of ether oxygens (including phenoxy) is 1. The second-order valence-corrected chi connectivity index (χ2v) is 8.20. The van der Waals surface area contributed by atoms with Crippen LogP contribution in [-0.4, -0.2) is 54.0 Å². The van der Waals surface area contributed by atoms with Crippen LogP contribution in [0.5, 0.6) is 5.75 Å². The van der Waals surface area contributed by atoms with Gasteiger partial charge in [0.15, 0.2) is 0 Å². The van der Waals surface area contributed by atoms with E-state index in [-0.39, 0.29) is 11.9 Å². The van der Waals surface area contributed by atoms with Gasteiger partial charge in [0, 0.05) is 26.2 Å². The Morgan fingerprint density at radius 3 is 2.68 bits per heavy atom. The van der Waals surface area contributed by atoms with Gasteiger partial charge in [-0.15, -0.1) is 11.3 Å². The molecule has 1 aromatic heterocycles. The summed E-state index contributed by atoms with van der Waals surface area (Å²) in [7, 11) is 1.65. The lowest BCUT2D eigenvalue weighted by Gasteiger charge is -2.37. The van der Waals surface area contributed by atoms with E-state index < -0.39 is 0 Å². The highest BCUT2D eigenvalue weighted by Crippen LogP contribution is 2.30. The van der Waals surface area contributed by atoms with Crippen molar-refractivity contribution in [3.63, 3.8) is 0 Å². The molecule has 5 nitrogen and oxygen atoms in total. The third kappa shape index (κ3) is 4.03. The number of piperazine rings is 1. The van der Waals surface area contributed by atoms with Crippen molar-refractivity contribution in [3.8, 4) is 5.75 Å². The van der Waals surface area contributed by atoms with Crippen molar-refractivity contribution < 1.29 is 9.53 Å². The number of carbonyl (C=O) groups is 1. The van der Waals surface area contributed by atoms with Crippen LogP contribution in [0.15, 0.2) is 48.5 Å². The average Bonchev–Trinajstić information content (AvgIpc) is 3.17. The first kappa shape index (κ1) is 18.9. The number of aromatic nitrogens is 1. The van der Waals surface area contributed by atoms with Gasteiger partial charge in [0.1, 0.15) is 10.8 Å². The number of rotatable bonds is 5. The Morgan fingerprint density at radius 2 is 1.93 bits per heavy atom. The highest BCUT2D eigenvalue weighted by atomic mass is 32.1. The van der Waals surface area contributed by atoms with Gasteiger partial charge in [-0.05, 0) is 36.8 Å². The fraction of sp³-hybridized carbons (Fsp3) is 0.364. The number of para-hydroxylation sites is 1. The van der Waals surface area contributed by atoms with Crippen LogP contribution in [-0.2, 0) is 11.2 Å². The van der Waals surface area contributed by atoms with Crippen molar-refractivity contribution >= 4 is 27.5 Å². The summed E-state index contributed by atoms with van der Waals surface area (Å²) in [5.41, 5.74) is 2.07. The number of methoxy groups -OCH3 is 1. The van der Waals surface area contributed by atoms with Crippen LogP contribution >= 0.6 is 11.3 Å². The molecular weight excluding hydrogens is 370 g/mol. The minimum absolute atomic E-state index is 0.181. The molecule has 2 heterocycles. The van der Waals surface area contributed by atoms with E-state index in [1.807, 2.05) is 35.2 Å². The number of hydrogen-bond donors (Lipinski definition) is 0. The Morgan fingerprint density at radius 1 is 1.14 bits per heavy atom. The number of carbonyl (C=O) groups excluding carboxylic acids is 1. The second-order valence-electron chi connectivity index (χ2n) is 7.14. The number of benzene rings is 2. The molecule has 28 heavy (non-hydrogen) atoms. The van der Waals surface area contributed by atoms with Gasteiger partial charge in [0.25, 0.3) is 0 Å². The third-order valence-corrected chi connectivity index (χ3v) is 6.58. The first-order chi connectivity index (χ1) is 13.6. The van der Waals surface area contributed by atoms with E-state index in [1.165, 1.54) is 4.70 Å². The van der Waals surface area contributed by atoms with Crippen LogP contribution in [0.4, 0.5) is 0 Å². The van der Waals surface area contributed by atoms with Crippen LogP contribution in [0, 0.1) is 0 Å². The Balaban J connectivity index is 1.35. The van der Waals surface area contributed by atoms with Crippen molar-refractivity contribution in [2.24, 2.45) is 0 Å². The number of nitrogens with zero attached hydrogens (tertiary/aromatic N) is 3. The molecule has 0 spiro atoms. The second kappa shape index (κ2) is 8.29. The van der Waals surface area contributed by atoms with Gasteiger partial charge in [-0.1, -0.05) is 24.3 Å². The van der Waals surface area contributed by atoms with E-state index in [2.05, 4.69) is 30.0 Å². The molecule has 1 aliphatic heterocycles. The lowest BCUT2D eigenvalue weighted by atomic mass is 10.1.